The number of aliphatic hydroxyl groups is 1. The standard InChI is InChI=1S/C38H60N2O4/c1-2-3-4-5-6-7-8-9-10-11-12-13-14-15-16-17-33(42)39-30-22-23-38(43)32-26-29-20-21-31(41)35-34(29)37(38,36(30)44-35)24-25-40(32)27-28-18-19-28/h20-21,28,30,32,36,41,43H,2-19,22-27H2,1H3,(H,39,42)/t30-,32+,36-,37-,38+/m0/s1. The molecule has 2 saturated carbocycles. The summed E-state index contributed by atoms with van der Waals surface area (Å²) in [5.74, 6) is 1.60. The average molecular weight is 609 g/mol. The largest absolute Gasteiger partial charge is 0.504 e. The van der Waals surface area contributed by atoms with Crippen LogP contribution in [0.1, 0.15) is 153 Å². The summed E-state index contributed by atoms with van der Waals surface area (Å²) in [7, 11) is 0. The average Bonchev–Trinajstić information content (AvgIpc) is 3.76. The molecule has 1 aromatic carbocycles. The number of ether oxygens (including phenoxy) is 1. The maximum absolute atomic E-state index is 13.2. The van der Waals surface area contributed by atoms with Crippen molar-refractivity contribution in [1.82, 2.24) is 10.2 Å². The summed E-state index contributed by atoms with van der Waals surface area (Å²) >= 11 is 0. The van der Waals surface area contributed by atoms with Crippen LogP contribution in [-0.2, 0) is 16.6 Å². The summed E-state index contributed by atoms with van der Waals surface area (Å²) < 4.78 is 6.60. The number of unbranched alkanes of at least 4 members (excludes halogenated alkanes) is 14. The molecule has 3 N–H and O–H groups in total. The van der Waals surface area contributed by atoms with Gasteiger partial charge in [-0.3, -0.25) is 9.69 Å². The number of carbonyl (C=O) groups is 1. The molecule has 3 fully saturated rings. The van der Waals surface area contributed by atoms with Gasteiger partial charge in [0.2, 0.25) is 5.91 Å². The molecule has 3 aliphatic carbocycles. The summed E-state index contributed by atoms with van der Waals surface area (Å²) in [4.78, 5) is 15.7. The van der Waals surface area contributed by atoms with Crippen molar-refractivity contribution in [3.05, 3.63) is 23.3 Å². The van der Waals surface area contributed by atoms with E-state index in [2.05, 4.69) is 17.1 Å². The van der Waals surface area contributed by atoms with E-state index in [1.165, 1.54) is 102 Å². The van der Waals surface area contributed by atoms with Crippen LogP contribution in [0.4, 0.5) is 0 Å². The van der Waals surface area contributed by atoms with Crippen molar-refractivity contribution in [2.45, 2.75) is 177 Å². The molecule has 5 aliphatic rings. The summed E-state index contributed by atoms with van der Waals surface area (Å²) in [6.45, 7) is 4.30. The van der Waals surface area contributed by atoms with E-state index < -0.39 is 11.0 Å². The number of aromatic hydroxyl groups is 1. The van der Waals surface area contributed by atoms with E-state index in [0.717, 1.165) is 50.3 Å². The van der Waals surface area contributed by atoms with Crippen LogP contribution in [0.5, 0.6) is 11.5 Å². The second-order valence-electron chi connectivity index (χ2n) is 15.2. The lowest BCUT2D eigenvalue weighted by Crippen LogP contribution is -2.78. The van der Waals surface area contributed by atoms with Gasteiger partial charge in [-0.15, -0.1) is 0 Å². The van der Waals surface area contributed by atoms with E-state index in [0.29, 0.717) is 25.0 Å². The number of rotatable bonds is 19. The van der Waals surface area contributed by atoms with E-state index in [-0.39, 0.29) is 29.8 Å². The number of amides is 1. The zero-order valence-electron chi connectivity index (χ0n) is 27.6. The molecule has 6 nitrogen and oxygen atoms in total. The predicted octanol–water partition coefficient (Wildman–Crippen LogP) is 7.70. The highest BCUT2D eigenvalue weighted by molar-refractivity contribution is 5.76. The molecule has 44 heavy (non-hydrogen) atoms. The van der Waals surface area contributed by atoms with Gasteiger partial charge in [0.1, 0.15) is 6.10 Å². The van der Waals surface area contributed by atoms with Gasteiger partial charge in [0.05, 0.1) is 17.1 Å². The SMILES string of the molecule is CCCCCCCCCCCCCCCCCC(=O)N[C@H]1CC[C@@]2(O)[C@H]3Cc4ccc(O)c5c4[C@@]2(CCN3CC2CC2)[C@H]1O5. The van der Waals surface area contributed by atoms with Crippen LogP contribution >= 0.6 is 0 Å². The molecule has 2 heterocycles. The van der Waals surface area contributed by atoms with Gasteiger partial charge in [0, 0.05) is 24.6 Å². The summed E-state index contributed by atoms with van der Waals surface area (Å²) in [5, 5.41) is 26.8. The Morgan fingerprint density at radius 2 is 1.55 bits per heavy atom. The fourth-order valence-electron chi connectivity index (χ4n) is 9.57. The molecule has 6 rings (SSSR count). The molecule has 1 amide bonds. The third-order valence-corrected chi connectivity index (χ3v) is 12.1. The number of hydrogen-bond acceptors (Lipinski definition) is 5. The third kappa shape index (κ3) is 6.41. The second-order valence-corrected chi connectivity index (χ2v) is 15.2. The van der Waals surface area contributed by atoms with E-state index >= 15 is 0 Å². The molecule has 1 spiro atoms. The number of hydrogen-bond donors (Lipinski definition) is 3. The van der Waals surface area contributed by atoms with E-state index in [4.69, 9.17) is 4.74 Å². The lowest BCUT2D eigenvalue weighted by molar-refractivity contribution is -0.192. The van der Waals surface area contributed by atoms with Crippen LogP contribution in [0.25, 0.3) is 0 Å². The number of phenols is 1. The first-order valence-electron chi connectivity index (χ1n) is 18.8. The van der Waals surface area contributed by atoms with Crippen molar-refractivity contribution in [1.29, 1.82) is 0 Å². The molecule has 2 bridgehead atoms. The van der Waals surface area contributed by atoms with Crippen molar-refractivity contribution in [2.24, 2.45) is 5.92 Å². The molecular weight excluding hydrogens is 548 g/mol. The minimum absolute atomic E-state index is 0.0721. The Morgan fingerprint density at radius 1 is 0.909 bits per heavy atom. The molecule has 246 valence electrons. The number of carbonyl (C=O) groups excluding carboxylic acids is 1. The van der Waals surface area contributed by atoms with Crippen molar-refractivity contribution in [3.63, 3.8) is 0 Å². The minimum atomic E-state index is -0.897. The van der Waals surface area contributed by atoms with Crippen molar-refractivity contribution in [3.8, 4) is 11.5 Å². The maximum atomic E-state index is 13.2. The molecule has 5 atom stereocenters. The van der Waals surface area contributed by atoms with Gasteiger partial charge < -0.3 is 20.3 Å². The number of piperidine rings is 1. The Labute approximate surface area is 266 Å². The van der Waals surface area contributed by atoms with Crippen LogP contribution in [0.2, 0.25) is 0 Å². The molecular formula is C38H60N2O4. The quantitative estimate of drug-likeness (QED) is 0.140. The monoisotopic (exact) mass is 608 g/mol. The number of likely N-dealkylation sites (tertiary alicyclic amines) is 1. The number of nitrogens with one attached hydrogen (secondary N) is 1. The van der Waals surface area contributed by atoms with Crippen LogP contribution in [-0.4, -0.2) is 57.9 Å². The normalized spacial score (nSPS) is 30.2. The van der Waals surface area contributed by atoms with Crippen molar-refractivity contribution < 1.29 is 19.7 Å². The molecule has 1 aromatic rings. The van der Waals surface area contributed by atoms with Gasteiger partial charge in [-0.1, -0.05) is 103 Å². The maximum Gasteiger partial charge on any atom is 0.220 e. The summed E-state index contributed by atoms with van der Waals surface area (Å²) in [6.07, 6.45) is 25.6. The first kappa shape index (κ1) is 32.2. The predicted molar refractivity (Wildman–Crippen MR) is 176 cm³/mol. The highest BCUT2D eigenvalue weighted by Gasteiger charge is 2.73. The van der Waals surface area contributed by atoms with Gasteiger partial charge in [0.15, 0.2) is 11.5 Å². The molecule has 2 aliphatic heterocycles. The van der Waals surface area contributed by atoms with E-state index in [9.17, 15) is 15.0 Å². The zero-order chi connectivity index (χ0) is 30.6. The highest BCUT2D eigenvalue weighted by Crippen LogP contribution is 2.65. The molecule has 1 saturated heterocycles. The van der Waals surface area contributed by atoms with Crippen LogP contribution < -0.4 is 10.1 Å². The Bertz CT molecular complexity index is 1120. The Morgan fingerprint density at radius 3 is 2.18 bits per heavy atom. The fraction of sp³-hybridized carbons (Fsp3) is 0.816. The Kier molecular flexibility index (Phi) is 10.5. The van der Waals surface area contributed by atoms with Crippen LogP contribution in [0, 0.1) is 5.92 Å². The van der Waals surface area contributed by atoms with Gasteiger partial charge >= 0.3 is 0 Å². The first-order chi connectivity index (χ1) is 21.5. The minimum Gasteiger partial charge on any atom is -0.504 e. The number of nitrogens with zero attached hydrogens (tertiary/aromatic N) is 1. The Hall–Kier alpha value is -1.79. The second kappa shape index (κ2) is 14.3. The van der Waals surface area contributed by atoms with Crippen LogP contribution in [0.3, 0.4) is 0 Å². The molecule has 0 unspecified atom stereocenters. The van der Waals surface area contributed by atoms with Crippen molar-refractivity contribution in [2.75, 3.05) is 13.1 Å². The smallest absolute Gasteiger partial charge is 0.220 e. The summed E-state index contributed by atoms with van der Waals surface area (Å²) in [5.41, 5.74) is 0.783. The number of phenolic OH excluding ortho intramolecular Hbond substituents is 1. The van der Waals surface area contributed by atoms with E-state index in [1.807, 2.05) is 6.07 Å². The van der Waals surface area contributed by atoms with Gasteiger partial charge in [-0.05, 0) is 69.0 Å². The first-order valence-corrected chi connectivity index (χ1v) is 18.8. The van der Waals surface area contributed by atoms with Gasteiger partial charge in [-0.25, -0.2) is 0 Å². The van der Waals surface area contributed by atoms with Gasteiger partial charge in [-0.2, -0.15) is 0 Å². The number of benzene rings is 1. The lowest BCUT2D eigenvalue weighted by atomic mass is 9.48. The molecule has 0 radical (unpaired) electrons. The molecule has 6 heteroatoms. The Balaban J connectivity index is 0.943. The zero-order valence-corrected chi connectivity index (χ0v) is 27.6. The van der Waals surface area contributed by atoms with Gasteiger partial charge in [0.25, 0.3) is 0 Å². The topological polar surface area (TPSA) is 82.0 Å². The summed E-state index contributed by atoms with van der Waals surface area (Å²) in [6, 6.07) is 3.74. The van der Waals surface area contributed by atoms with Crippen molar-refractivity contribution >= 4 is 5.91 Å². The highest BCUT2D eigenvalue weighted by atomic mass is 16.5. The third-order valence-electron chi connectivity index (χ3n) is 12.1. The lowest BCUT2D eigenvalue weighted by Gasteiger charge is -2.64. The molecule has 0 aromatic heterocycles. The van der Waals surface area contributed by atoms with E-state index in [1.54, 1.807) is 6.07 Å². The fourth-order valence-corrected chi connectivity index (χ4v) is 9.57. The van der Waals surface area contributed by atoms with Crippen LogP contribution in [0.15, 0.2) is 12.1 Å².